The summed E-state index contributed by atoms with van der Waals surface area (Å²) in [5.41, 5.74) is 4.52. The predicted molar refractivity (Wildman–Crippen MR) is 128 cm³/mol. The minimum absolute atomic E-state index is 0.0320. The molecule has 0 atom stereocenters. The number of ether oxygens (including phenoxy) is 2. The molecule has 8 heteroatoms. The van der Waals surface area contributed by atoms with Crippen LogP contribution in [0.4, 0.5) is 5.69 Å². The van der Waals surface area contributed by atoms with Crippen molar-refractivity contribution in [2.24, 2.45) is 10.1 Å². The number of benzene rings is 2. The first-order valence-corrected chi connectivity index (χ1v) is 11.0. The number of carbonyl (C=O) groups excluding carboxylic acids is 1. The van der Waals surface area contributed by atoms with Crippen molar-refractivity contribution in [1.29, 1.82) is 0 Å². The van der Waals surface area contributed by atoms with Gasteiger partial charge in [-0.25, -0.2) is 4.68 Å². The maximum Gasteiger partial charge on any atom is 0.262 e. The van der Waals surface area contributed by atoms with Crippen molar-refractivity contribution in [2.45, 2.75) is 13.3 Å². The standard InChI is InChI=1S/C24H24N4O3S/c1-4-11-25-24-28(27-16(2)12-17-5-8-19(30-3)9-6-17)21(15-32-24)18-7-10-22-20(13-18)26-23(29)14-31-22/h4-10,13,15H,1,11-12,14H2,2-3H3,(H,26,29). The van der Waals surface area contributed by atoms with Crippen molar-refractivity contribution >= 4 is 28.6 Å². The number of methoxy groups -OCH3 is 1. The molecule has 32 heavy (non-hydrogen) atoms. The molecule has 0 fully saturated rings. The van der Waals surface area contributed by atoms with Gasteiger partial charge in [0.15, 0.2) is 6.61 Å². The summed E-state index contributed by atoms with van der Waals surface area (Å²) in [4.78, 5) is 17.1. The van der Waals surface area contributed by atoms with Crippen molar-refractivity contribution in [2.75, 3.05) is 25.6 Å². The first kappa shape index (κ1) is 21.6. The van der Waals surface area contributed by atoms with E-state index >= 15 is 0 Å². The van der Waals surface area contributed by atoms with Crippen LogP contribution in [0.3, 0.4) is 0 Å². The van der Waals surface area contributed by atoms with E-state index in [1.165, 1.54) is 11.3 Å². The molecule has 7 nitrogen and oxygen atoms in total. The minimum Gasteiger partial charge on any atom is -0.497 e. The molecule has 0 spiro atoms. The van der Waals surface area contributed by atoms with E-state index in [1.807, 2.05) is 59.4 Å². The smallest absolute Gasteiger partial charge is 0.262 e. The monoisotopic (exact) mass is 448 g/mol. The number of fused-ring (bicyclic) bond motifs is 1. The second-order valence-corrected chi connectivity index (χ2v) is 8.09. The molecular formula is C24H24N4O3S. The van der Waals surface area contributed by atoms with E-state index in [1.54, 1.807) is 13.2 Å². The van der Waals surface area contributed by atoms with Crippen molar-refractivity contribution in [3.8, 4) is 22.8 Å². The van der Waals surface area contributed by atoms with Crippen LogP contribution in [-0.4, -0.2) is 36.6 Å². The lowest BCUT2D eigenvalue weighted by atomic mass is 10.1. The number of rotatable bonds is 7. The van der Waals surface area contributed by atoms with Gasteiger partial charge in [0.25, 0.3) is 5.91 Å². The van der Waals surface area contributed by atoms with Crippen LogP contribution in [0.2, 0.25) is 0 Å². The summed E-state index contributed by atoms with van der Waals surface area (Å²) in [6.07, 6.45) is 2.45. The van der Waals surface area contributed by atoms with Crippen LogP contribution in [0, 0.1) is 0 Å². The van der Waals surface area contributed by atoms with Gasteiger partial charge in [-0.1, -0.05) is 18.2 Å². The molecule has 1 aliphatic heterocycles. The molecule has 0 aliphatic carbocycles. The van der Waals surface area contributed by atoms with Gasteiger partial charge in [-0.2, -0.15) is 5.10 Å². The van der Waals surface area contributed by atoms with Crippen molar-refractivity contribution in [1.82, 2.24) is 4.68 Å². The maximum atomic E-state index is 11.7. The number of hydrogen-bond donors (Lipinski definition) is 1. The molecule has 0 bridgehead atoms. The summed E-state index contributed by atoms with van der Waals surface area (Å²) < 4.78 is 12.6. The average Bonchev–Trinajstić information content (AvgIpc) is 3.19. The van der Waals surface area contributed by atoms with E-state index in [4.69, 9.17) is 14.6 Å². The Balaban J connectivity index is 1.71. The molecule has 0 saturated heterocycles. The van der Waals surface area contributed by atoms with Crippen LogP contribution in [0.15, 0.2) is 70.6 Å². The number of anilines is 1. The number of thiazole rings is 1. The average molecular weight is 449 g/mol. The van der Waals surface area contributed by atoms with Gasteiger partial charge in [-0.15, -0.1) is 17.9 Å². The van der Waals surface area contributed by atoms with E-state index in [-0.39, 0.29) is 12.5 Å². The third-order valence-corrected chi connectivity index (χ3v) is 5.69. The van der Waals surface area contributed by atoms with Gasteiger partial charge in [0.05, 0.1) is 25.0 Å². The molecule has 3 aromatic rings. The molecule has 1 aliphatic rings. The second-order valence-electron chi connectivity index (χ2n) is 7.25. The van der Waals surface area contributed by atoms with Crippen LogP contribution < -0.4 is 19.6 Å². The zero-order valence-electron chi connectivity index (χ0n) is 18.0. The number of carbonyl (C=O) groups is 1. The number of nitrogens with one attached hydrogen (secondary N) is 1. The first-order chi connectivity index (χ1) is 15.6. The van der Waals surface area contributed by atoms with E-state index in [0.717, 1.165) is 33.1 Å². The molecule has 0 saturated carbocycles. The third kappa shape index (κ3) is 4.81. The number of hydrogen-bond acceptors (Lipinski definition) is 6. The van der Waals surface area contributed by atoms with Gasteiger partial charge in [0.2, 0.25) is 4.80 Å². The van der Waals surface area contributed by atoms with Crippen molar-refractivity contribution < 1.29 is 14.3 Å². The molecule has 2 aromatic carbocycles. The fourth-order valence-electron chi connectivity index (χ4n) is 3.33. The summed E-state index contributed by atoms with van der Waals surface area (Å²) >= 11 is 1.51. The van der Waals surface area contributed by atoms with Crippen LogP contribution in [0.1, 0.15) is 12.5 Å². The Hall–Kier alpha value is -3.65. The Morgan fingerprint density at radius 3 is 2.88 bits per heavy atom. The highest BCUT2D eigenvalue weighted by atomic mass is 32.1. The van der Waals surface area contributed by atoms with Crippen LogP contribution in [0.5, 0.6) is 11.5 Å². The molecule has 1 amide bonds. The molecule has 164 valence electrons. The van der Waals surface area contributed by atoms with E-state index < -0.39 is 0 Å². The van der Waals surface area contributed by atoms with Crippen molar-refractivity contribution in [3.63, 3.8) is 0 Å². The largest absolute Gasteiger partial charge is 0.497 e. The molecular weight excluding hydrogens is 424 g/mol. The highest BCUT2D eigenvalue weighted by Crippen LogP contribution is 2.33. The Bertz CT molecular complexity index is 1240. The van der Waals surface area contributed by atoms with Crippen LogP contribution in [0.25, 0.3) is 11.3 Å². The summed E-state index contributed by atoms with van der Waals surface area (Å²) in [7, 11) is 1.66. The molecule has 2 heterocycles. The Morgan fingerprint density at radius 2 is 2.12 bits per heavy atom. The van der Waals surface area contributed by atoms with Crippen LogP contribution in [-0.2, 0) is 11.2 Å². The normalized spacial score (nSPS) is 13.9. The Kier molecular flexibility index (Phi) is 6.51. The Morgan fingerprint density at radius 1 is 1.31 bits per heavy atom. The highest BCUT2D eigenvalue weighted by Gasteiger charge is 2.18. The maximum absolute atomic E-state index is 11.7. The summed E-state index contributed by atoms with van der Waals surface area (Å²) in [5.74, 6) is 1.32. The van der Waals surface area contributed by atoms with Crippen molar-refractivity contribution in [3.05, 3.63) is 70.9 Å². The van der Waals surface area contributed by atoms with E-state index in [2.05, 4.69) is 16.9 Å². The molecule has 1 N–H and O–H groups in total. The highest BCUT2D eigenvalue weighted by molar-refractivity contribution is 7.07. The molecule has 4 rings (SSSR count). The zero-order valence-corrected chi connectivity index (χ0v) is 18.8. The lowest BCUT2D eigenvalue weighted by Gasteiger charge is -2.18. The lowest BCUT2D eigenvalue weighted by Crippen LogP contribution is -2.25. The number of nitrogens with zero attached hydrogens (tertiary/aromatic N) is 3. The summed E-state index contributed by atoms with van der Waals surface area (Å²) in [6, 6.07) is 13.7. The first-order valence-electron chi connectivity index (χ1n) is 10.1. The van der Waals surface area contributed by atoms with Gasteiger partial charge in [-0.05, 0) is 42.8 Å². The fraction of sp³-hybridized carbons (Fsp3) is 0.208. The Labute approximate surface area is 190 Å². The summed E-state index contributed by atoms with van der Waals surface area (Å²) in [6.45, 7) is 6.29. The fourth-order valence-corrected chi connectivity index (χ4v) is 4.17. The molecule has 0 unspecified atom stereocenters. The topological polar surface area (TPSA) is 77.2 Å². The second kappa shape index (κ2) is 9.65. The zero-order chi connectivity index (χ0) is 22.5. The molecule has 1 aromatic heterocycles. The van der Waals surface area contributed by atoms with Gasteiger partial charge in [0, 0.05) is 23.1 Å². The van der Waals surface area contributed by atoms with E-state index in [0.29, 0.717) is 24.4 Å². The number of amides is 1. The quantitative estimate of drug-likeness (QED) is 0.437. The van der Waals surface area contributed by atoms with Crippen LogP contribution >= 0.6 is 11.3 Å². The van der Waals surface area contributed by atoms with Gasteiger partial charge in [-0.3, -0.25) is 9.79 Å². The van der Waals surface area contributed by atoms with Gasteiger partial charge < -0.3 is 14.8 Å². The predicted octanol–water partition coefficient (Wildman–Crippen LogP) is 4.11. The van der Waals surface area contributed by atoms with Gasteiger partial charge in [0.1, 0.15) is 11.5 Å². The number of aromatic nitrogens is 1. The van der Waals surface area contributed by atoms with E-state index in [9.17, 15) is 4.79 Å². The third-order valence-electron chi connectivity index (χ3n) is 4.84. The SMILES string of the molecule is C=CCN=c1scc(-c2ccc3c(c2)NC(=O)CO3)n1N=C(C)Cc1ccc(OC)cc1. The summed E-state index contributed by atoms with van der Waals surface area (Å²) in [5, 5.41) is 9.75. The van der Waals surface area contributed by atoms with Gasteiger partial charge >= 0.3 is 0 Å². The minimum atomic E-state index is -0.164. The lowest BCUT2D eigenvalue weighted by molar-refractivity contribution is -0.118. The molecule has 0 radical (unpaired) electrons.